The fourth-order valence-corrected chi connectivity index (χ4v) is 1.80. The van der Waals surface area contributed by atoms with Crippen LogP contribution in [-0.4, -0.2) is 0 Å². The van der Waals surface area contributed by atoms with E-state index in [0.29, 0.717) is 5.88 Å². The van der Waals surface area contributed by atoms with Gasteiger partial charge in [0.15, 0.2) is 0 Å². The smallest absolute Gasteiger partial charge is 0.0474 e. The first-order chi connectivity index (χ1) is 5.90. The molecule has 2 rings (SSSR count). The van der Waals surface area contributed by atoms with E-state index in [0.717, 1.165) is 5.92 Å². The Morgan fingerprint density at radius 3 is 2.25 bits per heavy atom. The second-order valence-corrected chi connectivity index (χ2v) is 3.77. The zero-order chi connectivity index (χ0) is 8.39. The van der Waals surface area contributed by atoms with Gasteiger partial charge in [-0.25, -0.2) is 0 Å². The van der Waals surface area contributed by atoms with Crippen molar-refractivity contribution in [2.45, 2.75) is 31.1 Å². The Balaban J connectivity index is 2.13. The second-order valence-electron chi connectivity index (χ2n) is 3.50. The SMILES string of the molecule is ClCc1ccc(C2CCC2)cc1. The van der Waals surface area contributed by atoms with E-state index in [1.807, 2.05) is 0 Å². The Morgan fingerprint density at radius 2 is 1.83 bits per heavy atom. The predicted octanol–water partition coefficient (Wildman–Crippen LogP) is 3.69. The third-order valence-corrected chi connectivity index (χ3v) is 3.02. The van der Waals surface area contributed by atoms with Gasteiger partial charge in [0.2, 0.25) is 0 Å². The van der Waals surface area contributed by atoms with Gasteiger partial charge < -0.3 is 0 Å². The van der Waals surface area contributed by atoms with Crippen molar-refractivity contribution in [1.29, 1.82) is 0 Å². The lowest BCUT2D eigenvalue weighted by molar-refractivity contribution is 0.420. The Hall–Kier alpha value is -0.490. The third kappa shape index (κ3) is 1.49. The largest absolute Gasteiger partial charge is 0.122 e. The molecule has 1 aliphatic rings. The van der Waals surface area contributed by atoms with Crippen molar-refractivity contribution in [2.24, 2.45) is 0 Å². The molecule has 1 aliphatic carbocycles. The van der Waals surface area contributed by atoms with Crippen molar-refractivity contribution in [3.8, 4) is 0 Å². The van der Waals surface area contributed by atoms with Crippen LogP contribution in [0.3, 0.4) is 0 Å². The van der Waals surface area contributed by atoms with E-state index in [2.05, 4.69) is 24.3 Å². The molecular weight excluding hydrogens is 168 g/mol. The van der Waals surface area contributed by atoms with Crippen LogP contribution in [0.15, 0.2) is 24.3 Å². The van der Waals surface area contributed by atoms with Gasteiger partial charge in [-0.15, -0.1) is 11.6 Å². The molecule has 1 saturated carbocycles. The molecule has 0 radical (unpaired) electrons. The first-order valence-corrected chi connectivity index (χ1v) is 5.08. The number of alkyl halides is 1. The average molecular weight is 181 g/mol. The highest BCUT2D eigenvalue weighted by molar-refractivity contribution is 6.17. The summed E-state index contributed by atoms with van der Waals surface area (Å²) in [6.07, 6.45) is 4.16. The maximum absolute atomic E-state index is 5.71. The molecule has 0 nitrogen and oxygen atoms in total. The van der Waals surface area contributed by atoms with Crippen LogP contribution in [0.1, 0.15) is 36.3 Å². The molecule has 0 unspecified atom stereocenters. The van der Waals surface area contributed by atoms with Crippen LogP contribution < -0.4 is 0 Å². The lowest BCUT2D eigenvalue weighted by Crippen LogP contribution is -2.08. The molecule has 1 aromatic carbocycles. The van der Waals surface area contributed by atoms with Crippen LogP contribution in [0, 0.1) is 0 Å². The van der Waals surface area contributed by atoms with Crippen molar-refractivity contribution >= 4 is 11.6 Å². The highest BCUT2D eigenvalue weighted by Gasteiger charge is 2.18. The number of benzene rings is 1. The van der Waals surface area contributed by atoms with Crippen LogP contribution in [0.2, 0.25) is 0 Å². The van der Waals surface area contributed by atoms with Gasteiger partial charge in [0, 0.05) is 5.88 Å². The molecule has 0 amide bonds. The van der Waals surface area contributed by atoms with Crippen molar-refractivity contribution in [3.05, 3.63) is 35.4 Å². The van der Waals surface area contributed by atoms with Crippen molar-refractivity contribution in [3.63, 3.8) is 0 Å². The van der Waals surface area contributed by atoms with Crippen LogP contribution in [0.5, 0.6) is 0 Å². The maximum atomic E-state index is 5.71. The summed E-state index contributed by atoms with van der Waals surface area (Å²) in [5.41, 5.74) is 2.72. The van der Waals surface area contributed by atoms with Crippen molar-refractivity contribution in [1.82, 2.24) is 0 Å². The summed E-state index contributed by atoms with van der Waals surface area (Å²) < 4.78 is 0. The molecule has 0 spiro atoms. The minimum atomic E-state index is 0.630. The van der Waals surface area contributed by atoms with Crippen LogP contribution in [0.25, 0.3) is 0 Å². The molecule has 0 bridgehead atoms. The van der Waals surface area contributed by atoms with Gasteiger partial charge >= 0.3 is 0 Å². The number of rotatable bonds is 2. The van der Waals surface area contributed by atoms with Gasteiger partial charge in [0.25, 0.3) is 0 Å². The van der Waals surface area contributed by atoms with E-state index in [1.165, 1.54) is 30.4 Å². The number of hydrogen-bond donors (Lipinski definition) is 0. The predicted molar refractivity (Wildman–Crippen MR) is 52.6 cm³/mol. The van der Waals surface area contributed by atoms with Crippen LogP contribution >= 0.6 is 11.6 Å². The molecule has 0 saturated heterocycles. The zero-order valence-corrected chi connectivity index (χ0v) is 7.85. The summed E-state index contributed by atoms with van der Waals surface area (Å²) in [5, 5.41) is 0. The molecule has 12 heavy (non-hydrogen) atoms. The summed E-state index contributed by atoms with van der Waals surface area (Å²) in [4.78, 5) is 0. The van der Waals surface area contributed by atoms with Crippen molar-refractivity contribution in [2.75, 3.05) is 0 Å². The van der Waals surface area contributed by atoms with Crippen LogP contribution in [-0.2, 0) is 5.88 Å². The third-order valence-electron chi connectivity index (χ3n) is 2.71. The van der Waals surface area contributed by atoms with Gasteiger partial charge in [0.1, 0.15) is 0 Å². The highest BCUT2D eigenvalue weighted by Crippen LogP contribution is 2.36. The monoisotopic (exact) mass is 180 g/mol. The van der Waals surface area contributed by atoms with Gasteiger partial charge in [0.05, 0.1) is 0 Å². The maximum Gasteiger partial charge on any atom is 0.0474 e. The summed E-state index contributed by atoms with van der Waals surface area (Å²) in [5.74, 6) is 1.47. The Labute approximate surface area is 78.6 Å². The molecule has 0 aliphatic heterocycles. The molecule has 1 fully saturated rings. The minimum absolute atomic E-state index is 0.630. The van der Waals surface area contributed by atoms with E-state index in [1.54, 1.807) is 0 Å². The molecular formula is C11H13Cl. The Kier molecular flexibility index (Phi) is 2.36. The summed E-state index contributed by atoms with van der Waals surface area (Å²) >= 11 is 5.71. The normalized spacial score (nSPS) is 17.4. The topological polar surface area (TPSA) is 0 Å². The minimum Gasteiger partial charge on any atom is -0.122 e. The fourth-order valence-electron chi connectivity index (χ4n) is 1.62. The molecule has 1 aromatic rings. The molecule has 0 heterocycles. The summed E-state index contributed by atoms with van der Waals surface area (Å²) in [6.45, 7) is 0. The summed E-state index contributed by atoms with van der Waals surface area (Å²) in [6, 6.07) is 8.73. The molecule has 64 valence electrons. The Bertz CT molecular complexity index is 246. The Morgan fingerprint density at radius 1 is 1.17 bits per heavy atom. The lowest BCUT2D eigenvalue weighted by Gasteiger charge is -2.25. The van der Waals surface area contributed by atoms with Gasteiger partial charge in [-0.1, -0.05) is 30.7 Å². The highest BCUT2D eigenvalue weighted by atomic mass is 35.5. The zero-order valence-electron chi connectivity index (χ0n) is 7.09. The number of hydrogen-bond acceptors (Lipinski definition) is 0. The van der Waals surface area contributed by atoms with Crippen LogP contribution in [0.4, 0.5) is 0 Å². The molecule has 1 heteroatoms. The molecule has 0 N–H and O–H groups in total. The first kappa shape index (κ1) is 8.12. The van der Waals surface area contributed by atoms with E-state index < -0.39 is 0 Å². The first-order valence-electron chi connectivity index (χ1n) is 4.55. The average Bonchev–Trinajstić information content (AvgIpc) is 2.03. The quantitative estimate of drug-likeness (QED) is 0.609. The van der Waals surface area contributed by atoms with Gasteiger partial charge in [-0.2, -0.15) is 0 Å². The standard InChI is InChI=1S/C11H13Cl/c12-8-9-4-6-11(7-5-9)10-2-1-3-10/h4-7,10H,1-3,8H2. The molecule has 0 atom stereocenters. The number of halogens is 1. The lowest BCUT2D eigenvalue weighted by atomic mass is 9.80. The van der Waals surface area contributed by atoms with E-state index in [-0.39, 0.29) is 0 Å². The fraction of sp³-hybridized carbons (Fsp3) is 0.455. The van der Waals surface area contributed by atoms with Gasteiger partial charge in [-0.05, 0) is 29.9 Å². The summed E-state index contributed by atoms with van der Waals surface area (Å²) in [7, 11) is 0. The van der Waals surface area contributed by atoms with Crippen molar-refractivity contribution < 1.29 is 0 Å². The van der Waals surface area contributed by atoms with E-state index >= 15 is 0 Å². The molecule has 0 aromatic heterocycles. The van der Waals surface area contributed by atoms with Gasteiger partial charge in [-0.3, -0.25) is 0 Å². The van der Waals surface area contributed by atoms with E-state index in [4.69, 9.17) is 11.6 Å². The second kappa shape index (κ2) is 3.49. The van der Waals surface area contributed by atoms with E-state index in [9.17, 15) is 0 Å².